The van der Waals surface area contributed by atoms with Crippen LogP contribution in [-0.2, 0) is 13.6 Å². The summed E-state index contributed by atoms with van der Waals surface area (Å²) in [6.45, 7) is 1.77. The average Bonchev–Trinajstić information content (AvgIpc) is 2.28. The van der Waals surface area contributed by atoms with Gasteiger partial charge in [-0.05, 0) is 12.8 Å². The molecule has 0 radical (unpaired) electrons. The minimum absolute atomic E-state index is 0.410. The highest BCUT2D eigenvalue weighted by Gasteiger charge is 2.19. The maximum Gasteiger partial charge on any atom is 0.424 e. The van der Waals surface area contributed by atoms with Crippen molar-refractivity contribution < 1.29 is 13.6 Å². The molecule has 104 valence electrons. The molecule has 3 nitrogen and oxygen atoms in total. The summed E-state index contributed by atoms with van der Waals surface area (Å²) in [5, 5.41) is 0. The van der Waals surface area contributed by atoms with Gasteiger partial charge in [-0.2, -0.15) is 0 Å². The van der Waals surface area contributed by atoms with Gasteiger partial charge >= 0.3 is 6.95 Å². The first-order chi connectivity index (χ1) is 8.12. The van der Waals surface area contributed by atoms with Crippen LogP contribution in [0.4, 0.5) is 0 Å². The van der Waals surface area contributed by atoms with Crippen LogP contribution in [0.15, 0.2) is 0 Å². The van der Waals surface area contributed by atoms with Crippen molar-refractivity contribution in [3.63, 3.8) is 0 Å². The zero-order valence-electron chi connectivity index (χ0n) is 11.1. The highest BCUT2D eigenvalue weighted by Crippen LogP contribution is 2.53. The van der Waals surface area contributed by atoms with Crippen molar-refractivity contribution >= 4 is 18.2 Å². The van der Waals surface area contributed by atoms with Crippen LogP contribution in [0, 0.1) is 0 Å². The van der Waals surface area contributed by atoms with E-state index in [9.17, 15) is 4.57 Å². The zero-order valence-corrected chi connectivity index (χ0v) is 12.8. The topological polar surface area (TPSA) is 35.5 Å². The SMILES string of the molecule is CCCCCCCCOP(=O)(Cl)OCCCC. The van der Waals surface area contributed by atoms with E-state index in [1.54, 1.807) is 0 Å². The summed E-state index contributed by atoms with van der Waals surface area (Å²) in [6, 6.07) is 0. The van der Waals surface area contributed by atoms with Crippen LogP contribution in [-0.4, -0.2) is 13.2 Å². The summed E-state index contributed by atoms with van der Waals surface area (Å²) < 4.78 is 21.6. The smallest absolute Gasteiger partial charge is 0.297 e. The van der Waals surface area contributed by atoms with E-state index in [2.05, 4.69) is 6.92 Å². The molecule has 0 fully saturated rings. The summed E-state index contributed by atoms with van der Waals surface area (Å²) in [4.78, 5) is 0. The molecule has 0 aliphatic heterocycles. The second-order valence-corrected chi connectivity index (χ2v) is 6.84. The van der Waals surface area contributed by atoms with Gasteiger partial charge in [0.05, 0.1) is 13.2 Å². The van der Waals surface area contributed by atoms with Gasteiger partial charge in [-0.1, -0.05) is 52.4 Å². The Labute approximate surface area is 111 Å². The minimum Gasteiger partial charge on any atom is -0.297 e. The van der Waals surface area contributed by atoms with E-state index in [1.807, 2.05) is 6.92 Å². The summed E-state index contributed by atoms with van der Waals surface area (Å²) in [5.41, 5.74) is 0. The molecule has 0 aromatic carbocycles. The predicted molar refractivity (Wildman–Crippen MR) is 73.6 cm³/mol. The number of hydrogen-bond acceptors (Lipinski definition) is 3. The Morgan fingerprint density at radius 1 is 0.824 bits per heavy atom. The van der Waals surface area contributed by atoms with E-state index in [-0.39, 0.29) is 0 Å². The van der Waals surface area contributed by atoms with Crippen molar-refractivity contribution in [1.29, 1.82) is 0 Å². The molecule has 17 heavy (non-hydrogen) atoms. The Hall–Kier alpha value is 0.440. The van der Waals surface area contributed by atoms with Gasteiger partial charge in [-0.15, -0.1) is 0 Å². The predicted octanol–water partition coefficient (Wildman–Crippen LogP) is 5.53. The van der Waals surface area contributed by atoms with E-state index >= 15 is 0 Å². The average molecular weight is 285 g/mol. The van der Waals surface area contributed by atoms with Crippen molar-refractivity contribution in [1.82, 2.24) is 0 Å². The molecule has 0 bridgehead atoms. The highest BCUT2D eigenvalue weighted by atomic mass is 35.7. The molecule has 5 heteroatoms. The van der Waals surface area contributed by atoms with Crippen molar-refractivity contribution in [2.24, 2.45) is 0 Å². The van der Waals surface area contributed by atoms with Crippen molar-refractivity contribution in [2.45, 2.75) is 65.2 Å². The van der Waals surface area contributed by atoms with Crippen LogP contribution in [0.3, 0.4) is 0 Å². The van der Waals surface area contributed by atoms with Crippen LogP contribution in [0.25, 0.3) is 0 Å². The van der Waals surface area contributed by atoms with Gasteiger partial charge in [-0.3, -0.25) is 9.05 Å². The number of hydrogen-bond donors (Lipinski definition) is 0. The fraction of sp³-hybridized carbons (Fsp3) is 1.00. The molecule has 1 unspecified atom stereocenters. The molecular formula is C12H26ClO3P. The van der Waals surface area contributed by atoms with E-state index in [0.29, 0.717) is 13.2 Å². The number of unbranched alkanes of at least 4 members (excludes halogenated alkanes) is 6. The molecule has 0 rings (SSSR count). The van der Waals surface area contributed by atoms with Crippen LogP contribution < -0.4 is 0 Å². The maximum atomic E-state index is 11.5. The molecule has 0 saturated carbocycles. The Bertz CT molecular complexity index is 212. The zero-order chi connectivity index (χ0) is 13.0. The van der Waals surface area contributed by atoms with Crippen LogP contribution in [0.1, 0.15) is 65.2 Å². The summed E-state index contributed by atoms with van der Waals surface area (Å²) >= 11 is 5.65. The van der Waals surface area contributed by atoms with Crippen molar-refractivity contribution in [2.75, 3.05) is 13.2 Å². The molecule has 0 aliphatic rings. The molecule has 0 aliphatic carbocycles. The van der Waals surface area contributed by atoms with Gasteiger partial charge in [0.1, 0.15) is 0 Å². The first-order valence-corrected chi connectivity index (χ1v) is 9.16. The summed E-state index contributed by atoms with van der Waals surface area (Å²) in [7, 11) is 0. The molecular weight excluding hydrogens is 259 g/mol. The van der Waals surface area contributed by atoms with Gasteiger partial charge in [0, 0.05) is 11.2 Å². The molecule has 0 saturated heterocycles. The first-order valence-electron chi connectivity index (χ1n) is 6.71. The third kappa shape index (κ3) is 12.7. The van der Waals surface area contributed by atoms with Gasteiger partial charge in [0.15, 0.2) is 0 Å². The fourth-order valence-corrected chi connectivity index (χ4v) is 2.59. The Kier molecular flexibility index (Phi) is 11.8. The van der Waals surface area contributed by atoms with E-state index in [1.165, 1.54) is 25.7 Å². The highest BCUT2D eigenvalue weighted by molar-refractivity contribution is 7.81. The lowest BCUT2D eigenvalue weighted by Crippen LogP contribution is -1.95. The van der Waals surface area contributed by atoms with E-state index < -0.39 is 6.95 Å². The number of halogens is 1. The molecule has 0 spiro atoms. The van der Waals surface area contributed by atoms with E-state index in [0.717, 1.165) is 25.7 Å². The van der Waals surface area contributed by atoms with E-state index in [4.69, 9.17) is 20.3 Å². The van der Waals surface area contributed by atoms with Gasteiger partial charge in [0.2, 0.25) is 0 Å². The van der Waals surface area contributed by atoms with Gasteiger partial charge in [-0.25, -0.2) is 4.57 Å². The largest absolute Gasteiger partial charge is 0.424 e. The second kappa shape index (κ2) is 11.5. The maximum absolute atomic E-state index is 11.5. The summed E-state index contributed by atoms with van der Waals surface area (Å²) in [6.07, 6.45) is 8.87. The third-order valence-electron chi connectivity index (χ3n) is 2.49. The molecule has 0 aromatic heterocycles. The lowest BCUT2D eigenvalue weighted by Gasteiger charge is -2.11. The number of rotatable bonds is 12. The molecule has 0 aromatic rings. The third-order valence-corrected chi connectivity index (χ3v) is 4.05. The van der Waals surface area contributed by atoms with Crippen LogP contribution >= 0.6 is 18.2 Å². The summed E-state index contributed by atoms with van der Waals surface area (Å²) in [5.74, 6) is 0. The second-order valence-electron chi connectivity index (χ2n) is 4.22. The Morgan fingerprint density at radius 2 is 1.29 bits per heavy atom. The lowest BCUT2D eigenvalue weighted by atomic mass is 10.1. The molecule has 0 amide bonds. The Balaban J connectivity index is 3.36. The van der Waals surface area contributed by atoms with Crippen molar-refractivity contribution in [3.05, 3.63) is 0 Å². The molecule has 0 heterocycles. The van der Waals surface area contributed by atoms with Crippen LogP contribution in [0.5, 0.6) is 0 Å². The fourth-order valence-electron chi connectivity index (χ4n) is 1.41. The molecule has 0 N–H and O–H groups in total. The standard InChI is InChI=1S/C12H26ClO3P/c1-3-5-7-8-9-10-12-16-17(13,14)15-11-6-4-2/h3-12H2,1-2H3. The lowest BCUT2D eigenvalue weighted by molar-refractivity contribution is 0.212. The minimum atomic E-state index is -3.31. The quantitative estimate of drug-likeness (QED) is 0.349. The molecule has 1 atom stereocenters. The van der Waals surface area contributed by atoms with Gasteiger partial charge in [0.25, 0.3) is 0 Å². The van der Waals surface area contributed by atoms with Gasteiger partial charge < -0.3 is 0 Å². The first kappa shape index (κ1) is 17.4. The normalized spacial score (nSPS) is 14.8. The van der Waals surface area contributed by atoms with Crippen molar-refractivity contribution in [3.8, 4) is 0 Å². The Morgan fingerprint density at radius 3 is 1.88 bits per heavy atom. The monoisotopic (exact) mass is 284 g/mol. The van der Waals surface area contributed by atoms with Crippen LogP contribution in [0.2, 0.25) is 0 Å².